The highest BCUT2D eigenvalue weighted by atomic mass is 35.5. The van der Waals surface area contributed by atoms with Crippen LogP contribution < -0.4 is 15.4 Å². The van der Waals surface area contributed by atoms with E-state index in [1.54, 1.807) is 87.2 Å². The molecule has 0 spiro atoms. The van der Waals surface area contributed by atoms with Gasteiger partial charge in [0.05, 0.1) is 12.2 Å². The lowest BCUT2D eigenvalue weighted by Crippen LogP contribution is -2.43. The van der Waals surface area contributed by atoms with Crippen LogP contribution in [0.3, 0.4) is 0 Å². The fourth-order valence-electron chi connectivity index (χ4n) is 4.19. The van der Waals surface area contributed by atoms with Crippen LogP contribution in [0.1, 0.15) is 27.2 Å². The van der Waals surface area contributed by atoms with Crippen LogP contribution in [-0.4, -0.2) is 62.2 Å². The fraction of sp³-hybridized carbons (Fsp3) is 0.333. The van der Waals surface area contributed by atoms with Gasteiger partial charge in [-0.3, -0.25) is 9.58 Å². The number of anilines is 2. The van der Waals surface area contributed by atoms with Gasteiger partial charge in [0.15, 0.2) is 0 Å². The van der Waals surface area contributed by atoms with E-state index in [1.165, 1.54) is 4.90 Å². The molecule has 1 fully saturated rings. The Morgan fingerprint density at radius 2 is 1.72 bits per heavy atom. The van der Waals surface area contributed by atoms with Crippen molar-refractivity contribution in [3.63, 3.8) is 0 Å². The van der Waals surface area contributed by atoms with Crippen molar-refractivity contribution in [1.82, 2.24) is 14.7 Å². The highest BCUT2D eigenvalue weighted by molar-refractivity contribution is 6.30. The van der Waals surface area contributed by atoms with Crippen LogP contribution in [0.5, 0.6) is 5.75 Å². The summed E-state index contributed by atoms with van der Waals surface area (Å²) in [4.78, 5) is 38.4. The van der Waals surface area contributed by atoms with Crippen LogP contribution in [0.2, 0.25) is 5.02 Å². The molecule has 2 atom stereocenters. The highest BCUT2D eigenvalue weighted by Crippen LogP contribution is 2.35. The van der Waals surface area contributed by atoms with E-state index >= 15 is 0 Å². The van der Waals surface area contributed by atoms with Crippen molar-refractivity contribution >= 4 is 41.1 Å². The van der Waals surface area contributed by atoms with E-state index in [4.69, 9.17) is 21.1 Å². The number of amides is 3. The third-order valence-corrected chi connectivity index (χ3v) is 6.16. The first kappa shape index (κ1) is 27.8. The Bertz CT molecular complexity index is 1370. The number of aromatic nitrogens is 2. The molecule has 0 saturated carbocycles. The van der Waals surface area contributed by atoms with Crippen LogP contribution in [0.25, 0.3) is 11.3 Å². The average molecular weight is 556 g/mol. The van der Waals surface area contributed by atoms with Crippen LogP contribution in [0.4, 0.5) is 21.0 Å². The van der Waals surface area contributed by atoms with Gasteiger partial charge in [-0.15, -0.1) is 0 Å². The molecule has 1 aromatic heterocycles. The standard InChI is InChI=1S/C27H30ClN5O6/c1-27(2,3)39-26(37)33-15-19(14-22(33)24(34)35)38-23-10-9-18(13-20(23)21-11-12-29-32(21)4)31-25(36)30-17-7-5-16(28)6-8-17/h5-13,19,22H,14-15H2,1-4H3,(H,34,35)(H2,30,31,36)/t19-,22-/m0/s1. The van der Waals surface area contributed by atoms with E-state index < -0.39 is 35.8 Å². The number of rotatable bonds is 6. The van der Waals surface area contributed by atoms with E-state index in [2.05, 4.69) is 15.7 Å². The fourth-order valence-corrected chi connectivity index (χ4v) is 4.32. The van der Waals surface area contributed by atoms with Crippen molar-refractivity contribution in [2.45, 2.75) is 44.9 Å². The van der Waals surface area contributed by atoms with Gasteiger partial charge in [0.25, 0.3) is 0 Å². The Morgan fingerprint density at radius 1 is 1.05 bits per heavy atom. The quantitative estimate of drug-likeness (QED) is 0.379. The lowest BCUT2D eigenvalue weighted by atomic mass is 10.1. The van der Waals surface area contributed by atoms with E-state index in [1.807, 2.05) is 0 Å². The Hall–Kier alpha value is -4.25. The maximum atomic E-state index is 12.7. The number of hydrogen-bond donors (Lipinski definition) is 3. The molecular weight excluding hydrogens is 526 g/mol. The maximum Gasteiger partial charge on any atom is 0.411 e. The van der Waals surface area contributed by atoms with Gasteiger partial charge in [-0.05, 0) is 69.3 Å². The summed E-state index contributed by atoms with van der Waals surface area (Å²) in [5.74, 6) is -0.687. The Kier molecular flexibility index (Phi) is 8.01. The number of carboxylic acids is 1. The second-order valence-corrected chi connectivity index (χ2v) is 10.5. The molecule has 3 N–H and O–H groups in total. The zero-order chi connectivity index (χ0) is 28.3. The number of aliphatic carboxylic acids is 1. The molecule has 2 aromatic carbocycles. The molecule has 0 aliphatic carbocycles. The first-order valence-electron chi connectivity index (χ1n) is 12.2. The Balaban J connectivity index is 1.55. The average Bonchev–Trinajstić information content (AvgIpc) is 3.47. The summed E-state index contributed by atoms with van der Waals surface area (Å²) in [6.45, 7) is 5.20. The summed E-state index contributed by atoms with van der Waals surface area (Å²) < 4.78 is 13.3. The number of carbonyl (C=O) groups is 3. The number of benzene rings is 2. The number of halogens is 1. The van der Waals surface area contributed by atoms with Gasteiger partial charge in [0.2, 0.25) is 0 Å². The molecule has 3 aromatic rings. The number of carbonyl (C=O) groups excluding carboxylic acids is 2. The maximum absolute atomic E-state index is 12.7. The summed E-state index contributed by atoms with van der Waals surface area (Å²) >= 11 is 5.90. The molecule has 0 unspecified atom stereocenters. The van der Waals surface area contributed by atoms with Gasteiger partial charge < -0.3 is 25.2 Å². The lowest BCUT2D eigenvalue weighted by molar-refractivity contribution is -0.142. The number of ether oxygens (including phenoxy) is 2. The molecule has 1 saturated heterocycles. The van der Waals surface area contributed by atoms with Gasteiger partial charge in [-0.25, -0.2) is 14.4 Å². The van der Waals surface area contributed by atoms with E-state index in [0.29, 0.717) is 33.4 Å². The molecule has 1 aliphatic heterocycles. The number of likely N-dealkylation sites (tertiary alicyclic amines) is 1. The Labute approximate surface area is 230 Å². The molecule has 4 rings (SSSR count). The second kappa shape index (κ2) is 11.2. The number of nitrogens with zero attached hydrogens (tertiary/aromatic N) is 3. The molecule has 1 aliphatic rings. The van der Waals surface area contributed by atoms with Crippen LogP contribution in [0.15, 0.2) is 54.7 Å². The van der Waals surface area contributed by atoms with Crippen LogP contribution in [-0.2, 0) is 16.6 Å². The number of aryl methyl sites for hydroxylation is 1. The first-order valence-corrected chi connectivity index (χ1v) is 12.6. The molecular formula is C27H30ClN5O6. The molecule has 2 heterocycles. The van der Waals surface area contributed by atoms with Crippen LogP contribution >= 0.6 is 11.6 Å². The van der Waals surface area contributed by atoms with Crippen molar-refractivity contribution < 1.29 is 29.0 Å². The predicted octanol–water partition coefficient (Wildman–Crippen LogP) is 5.23. The van der Waals surface area contributed by atoms with E-state index in [0.717, 1.165) is 0 Å². The SMILES string of the molecule is Cn1nccc1-c1cc(NC(=O)Nc2ccc(Cl)cc2)ccc1O[C@H]1C[C@@H](C(=O)O)N(C(=O)OC(C)(C)C)C1. The number of urea groups is 1. The van der Waals surface area contributed by atoms with Crippen molar-refractivity contribution in [2.24, 2.45) is 7.05 Å². The van der Waals surface area contributed by atoms with Gasteiger partial charge in [0.1, 0.15) is 23.5 Å². The molecule has 39 heavy (non-hydrogen) atoms. The third kappa shape index (κ3) is 6.99. The highest BCUT2D eigenvalue weighted by Gasteiger charge is 2.43. The van der Waals surface area contributed by atoms with Crippen LogP contribution in [0, 0.1) is 0 Å². The number of nitrogens with one attached hydrogen (secondary N) is 2. The summed E-state index contributed by atoms with van der Waals surface area (Å²) in [6, 6.07) is 12.1. The van der Waals surface area contributed by atoms with Gasteiger partial charge in [-0.1, -0.05) is 11.6 Å². The first-order chi connectivity index (χ1) is 18.4. The van der Waals surface area contributed by atoms with Crippen molar-refractivity contribution in [1.29, 1.82) is 0 Å². The molecule has 3 amide bonds. The van der Waals surface area contributed by atoms with Gasteiger partial charge in [0, 0.05) is 41.6 Å². The normalized spacial score (nSPS) is 17.0. The van der Waals surface area contributed by atoms with Gasteiger partial charge >= 0.3 is 18.1 Å². The van der Waals surface area contributed by atoms with E-state index in [9.17, 15) is 19.5 Å². The van der Waals surface area contributed by atoms with Crippen molar-refractivity contribution in [3.05, 3.63) is 59.8 Å². The molecule has 12 heteroatoms. The predicted molar refractivity (Wildman–Crippen MR) is 146 cm³/mol. The number of hydrogen-bond acceptors (Lipinski definition) is 6. The second-order valence-electron chi connectivity index (χ2n) is 10.1. The topological polar surface area (TPSA) is 135 Å². The number of carboxylic acid groups (broad SMARTS) is 1. The Morgan fingerprint density at radius 3 is 2.33 bits per heavy atom. The minimum atomic E-state index is -1.13. The van der Waals surface area contributed by atoms with Crippen molar-refractivity contribution in [2.75, 3.05) is 17.2 Å². The molecule has 0 bridgehead atoms. The zero-order valence-electron chi connectivity index (χ0n) is 22.0. The molecule has 206 valence electrons. The summed E-state index contributed by atoms with van der Waals surface area (Å²) in [5, 5.41) is 20.1. The zero-order valence-corrected chi connectivity index (χ0v) is 22.7. The monoisotopic (exact) mass is 555 g/mol. The summed E-state index contributed by atoms with van der Waals surface area (Å²) in [6.07, 6.45) is 0.409. The van der Waals surface area contributed by atoms with Crippen molar-refractivity contribution in [3.8, 4) is 17.0 Å². The summed E-state index contributed by atoms with van der Waals surface area (Å²) in [5.41, 5.74) is 1.64. The molecule has 0 radical (unpaired) electrons. The smallest absolute Gasteiger partial charge is 0.411 e. The third-order valence-electron chi connectivity index (χ3n) is 5.91. The van der Waals surface area contributed by atoms with Gasteiger partial charge in [-0.2, -0.15) is 5.10 Å². The van der Waals surface area contributed by atoms with E-state index in [-0.39, 0.29) is 13.0 Å². The molecule has 11 nitrogen and oxygen atoms in total. The minimum absolute atomic E-state index is 0.0419. The lowest BCUT2D eigenvalue weighted by Gasteiger charge is -2.26. The largest absolute Gasteiger partial charge is 0.488 e. The minimum Gasteiger partial charge on any atom is -0.488 e. The summed E-state index contributed by atoms with van der Waals surface area (Å²) in [7, 11) is 1.77.